The Hall–Kier alpha value is -2.21. The average Bonchev–Trinajstić information content (AvgIpc) is 3.13. The molecule has 0 unspecified atom stereocenters. The van der Waals surface area contributed by atoms with Crippen LogP contribution in [0.4, 0.5) is 5.82 Å². The molecule has 1 N–H and O–H groups in total. The summed E-state index contributed by atoms with van der Waals surface area (Å²) in [6.45, 7) is 3.44. The van der Waals surface area contributed by atoms with Crippen molar-refractivity contribution in [2.45, 2.75) is 39.2 Å². The molecule has 0 saturated carbocycles. The van der Waals surface area contributed by atoms with Crippen LogP contribution < -0.4 is 10.9 Å². The lowest BCUT2D eigenvalue weighted by molar-refractivity contribution is 0.638. The normalized spacial score (nSPS) is 13.4. The average molecular weight is 340 g/mol. The van der Waals surface area contributed by atoms with E-state index in [0.717, 1.165) is 35.9 Å². The predicted molar refractivity (Wildman–Crippen MR) is 98.0 cm³/mol. The molecule has 0 spiro atoms. The number of fused-ring (bicyclic) bond motifs is 3. The Kier molecular flexibility index (Phi) is 4.06. The van der Waals surface area contributed by atoms with Gasteiger partial charge >= 0.3 is 0 Å². The highest BCUT2D eigenvalue weighted by molar-refractivity contribution is 7.19. The molecule has 3 heterocycles. The molecule has 0 fully saturated rings. The number of thiophene rings is 1. The van der Waals surface area contributed by atoms with Gasteiger partial charge in [0.2, 0.25) is 5.56 Å². The molecule has 1 aliphatic rings. The molecule has 3 aromatic heterocycles. The first kappa shape index (κ1) is 15.3. The molecule has 6 heteroatoms. The summed E-state index contributed by atoms with van der Waals surface area (Å²) in [5.41, 5.74) is 1.49. The highest BCUT2D eigenvalue weighted by Crippen LogP contribution is 2.39. The van der Waals surface area contributed by atoms with Crippen molar-refractivity contribution in [2.75, 3.05) is 11.9 Å². The molecule has 4 rings (SSSR count). The van der Waals surface area contributed by atoms with E-state index in [1.165, 1.54) is 28.7 Å². The number of rotatable bonds is 5. The minimum absolute atomic E-state index is 0.0495. The summed E-state index contributed by atoms with van der Waals surface area (Å²) in [5, 5.41) is 4.69. The second kappa shape index (κ2) is 6.36. The third kappa shape index (κ3) is 2.82. The first-order valence-electron chi connectivity index (χ1n) is 8.40. The molecule has 0 aromatic carbocycles. The highest BCUT2D eigenvalue weighted by Gasteiger charge is 2.21. The van der Waals surface area contributed by atoms with Crippen LogP contribution in [0.15, 0.2) is 29.2 Å². The third-order valence-electron chi connectivity index (χ3n) is 4.44. The van der Waals surface area contributed by atoms with E-state index < -0.39 is 0 Å². The van der Waals surface area contributed by atoms with Gasteiger partial charge in [0.15, 0.2) is 0 Å². The Morgan fingerprint density at radius 1 is 1.29 bits per heavy atom. The van der Waals surface area contributed by atoms with Crippen molar-refractivity contribution in [3.63, 3.8) is 0 Å². The Morgan fingerprint density at radius 3 is 3.08 bits per heavy atom. The van der Waals surface area contributed by atoms with Crippen LogP contribution in [-0.2, 0) is 19.4 Å². The topological polar surface area (TPSA) is 59.8 Å². The van der Waals surface area contributed by atoms with Gasteiger partial charge in [-0.05, 0) is 44.2 Å². The largest absolute Gasteiger partial charge is 0.369 e. The summed E-state index contributed by atoms with van der Waals surface area (Å²) in [4.78, 5) is 23.5. The zero-order chi connectivity index (χ0) is 16.5. The highest BCUT2D eigenvalue weighted by atomic mass is 32.1. The van der Waals surface area contributed by atoms with E-state index in [1.807, 2.05) is 30.5 Å². The smallest absolute Gasteiger partial charge is 0.250 e. The van der Waals surface area contributed by atoms with Gasteiger partial charge in [-0.2, -0.15) is 0 Å². The standard InChI is InChI=1S/C18H20N4OS/c1-12-20-17(16-13-6-4-7-14(13)24-18(16)21-12)19-9-5-11-22-10-3-2-8-15(22)23/h2-3,8,10H,4-7,9,11H2,1H3,(H,19,20,21). The van der Waals surface area contributed by atoms with Gasteiger partial charge in [-0.15, -0.1) is 11.3 Å². The Labute approximate surface area is 144 Å². The van der Waals surface area contributed by atoms with Gasteiger partial charge in [0.05, 0.1) is 5.39 Å². The molecule has 0 aliphatic heterocycles. The Balaban J connectivity index is 1.50. The molecule has 24 heavy (non-hydrogen) atoms. The van der Waals surface area contributed by atoms with Crippen molar-refractivity contribution in [3.8, 4) is 0 Å². The molecule has 0 atom stereocenters. The lowest BCUT2D eigenvalue weighted by Gasteiger charge is -2.10. The van der Waals surface area contributed by atoms with Crippen molar-refractivity contribution >= 4 is 27.4 Å². The van der Waals surface area contributed by atoms with Crippen molar-refractivity contribution in [1.82, 2.24) is 14.5 Å². The van der Waals surface area contributed by atoms with Crippen LogP contribution in [0.25, 0.3) is 10.2 Å². The predicted octanol–water partition coefficient (Wildman–Crippen LogP) is 3.15. The summed E-state index contributed by atoms with van der Waals surface area (Å²) in [6, 6.07) is 5.26. The minimum Gasteiger partial charge on any atom is -0.369 e. The number of anilines is 1. The number of hydrogen-bond acceptors (Lipinski definition) is 5. The van der Waals surface area contributed by atoms with Crippen molar-refractivity contribution in [3.05, 3.63) is 51.0 Å². The number of hydrogen-bond donors (Lipinski definition) is 1. The third-order valence-corrected chi connectivity index (χ3v) is 5.63. The van der Waals surface area contributed by atoms with E-state index >= 15 is 0 Å². The SMILES string of the molecule is Cc1nc(NCCCn2ccccc2=O)c2c3c(sc2n1)CCC3. The summed E-state index contributed by atoms with van der Waals surface area (Å²) in [5.74, 6) is 1.77. The number of aryl methyl sites for hydroxylation is 4. The fraction of sp³-hybridized carbons (Fsp3) is 0.389. The number of pyridine rings is 1. The monoisotopic (exact) mass is 340 g/mol. The second-order valence-electron chi connectivity index (χ2n) is 6.17. The molecule has 3 aromatic rings. The summed E-state index contributed by atoms with van der Waals surface area (Å²) in [7, 11) is 0. The molecule has 1 aliphatic carbocycles. The summed E-state index contributed by atoms with van der Waals surface area (Å²) in [6.07, 6.45) is 6.25. The van der Waals surface area contributed by atoms with Gasteiger partial charge in [-0.25, -0.2) is 9.97 Å². The van der Waals surface area contributed by atoms with Crippen LogP contribution in [0, 0.1) is 6.92 Å². The fourth-order valence-corrected chi connectivity index (χ4v) is 4.64. The molecular formula is C18H20N4OS. The van der Waals surface area contributed by atoms with Gasteiger partial charge < -0.3 is 9.88 Å². The van der Waals surface area contributed by atoms with Gasteiger partial charge in [-0.3, -0.25) is 4.79 Å². The fourth-order valence-electron chi connectivity index (χ4n) is 3.33. The zero-order valence-electron chi connectivity index (χ0n) is 13.7. The van der Waals surface area contributed by atoms with Crippen LogP contribution >= 0.6 is 11.3 Å². The van der Waals surface area contributed by atoms with Crippen LogP contribution in [0.1, 0.15) is 29.1 Å². The van der Waals surface area contributed by atoms with Gasteiger partial charge in [0.25, 0.3) is 0 Å². The lowest BCUT2D eigenvalue weighted by Crippen LogP contribution is -2.19. The van der Waals surface area contributed by atoms with Gasteiger partial charge in [0, 0.05) is 30.2 Å². The maximum absolute atomic E-state index is 11.7. The van der Waals surface area contributed by atoms with E-state index in [-0.39, 0.29) is 5.56 Å². The van der Waals surface area contributed by atoms with E-state index in [4.69, 9.17) is 0 Å². The molecule has 0 bridgehead atoms. The van der Waals surface area contributed by atoms with E-state index in [1.54, 1.807) is 16.7 Å². The maximum Gasteiger partial charge on any atom is 0.250 e. The van der Waals surface area contributed by atoms with Gasteiger partial charge in [-0.1, -0.05) is 6.07 Å². The summed E-state index contributed by atoms with van der Waals surface area (Å²) >= 11 is 1.82. The molecule has 5 nitrogen and oxygen atoms in total. The second-order valence-corrected chi connectivity index (χ2v) is 7.25. The Morgan fingerprint density at radius 2 is 2.21 bits per heavy atom. The molecule has 0 radical (unpaired) electrons. The summed E-state index contributed by atoms with van der Waals surface area (Å²) < 4.78 is 1.74. The number of aromatic nitrogens is 3. The van der Waals surface area contributed by atoms with Crippen LogP contribution in [0.5, 0.6) is 0 Å². The van der Waals surface area contributed by atoms with Crippen molar-refractivity contribution in [2.24, 2.45) is 0 Å². The number of nitrogens with one attached hydrogen (secondary N) is 1. The maximum atomic E-state index is 11.7. The quantitative estimate of drug-likeness (QED) is 0.725. The van der Waals surface area contributed by atoms with E-state index in [2.05, 4.69) is 15.3 Å². The first-order valence-corrected chi connectivity index (χ1v) is 9.22. The van der Waals surface area contributed by atoms with Crippen LogP contribution in [0.3, 0.4) is 0 Å². The van der Waals surface area contributed by atoms with Crippen LogP contribution in [-0.4, -0.2) is 21.1 Å². The van der Waals surface area contributed by atoms with Crippen molar-refractivity contribution < 1.29 is 0 Å². The van der Waals surface area contributed by atoms with Gasteiger partial charge in [0.1, 0.15) is 16.5 Å². The first-order chi connectivity index (χ1) is 11.7. The molecule has 0 saturated heterocycles. The van der Waals surface area contributed by atoms with Crippen LogP contribution in [0.2, 0.25) is 0 Å². The zero-order valence-corrected chi connectivity index (χ0v) is 14.5. The number of nitrogens with zero attached hydrogens (tertiary/aromatic N) is 3. The molecule has 0 amide bonds. The molecule has 124 valence electrons. The Bertz CT molecular complexity index is 944. The van der Waals surface area contributed by atoms with Crippen molar-refractivity contribution in [1.29, 1.82) is 0 Å². The minimum atomic E-state index is 0.0495. The van der Waals surface area contributed by atoms with E-state index in [9.17, 15) is 4.79 Å². The van der Waals surface area contributed by atoms with E-state index in [0.29, 0.717) is 6.54 Å². The molecular weight excluding hydrogens is 320 g/mol. The lowest BCUT2D eigenvalue weighted by atomic mass is 10.2.